The van der Waals surface area contributed by atoms with Crippen LogP contribution < -0.4 is 4.90 Å². The van der Waals surface area contributed by atoms with Gasteiger partial charge in [-0.1, -0.05) is 0 Å². The van der Waals surface area contributed by atoms with Crippen molar-refractivity contribution in [3.8, 4) is 6.07 Å². The second-order valence-corrected chi connectivity index (χ2v) is 6.40. The van der Waals surface area contributed by atoms with Gasteiger partial charge in [0.2, 0.25) is 0 Å². The zero-order valence-electron chi connectivity index (χ0n) is 9.50. The Hall–Kier alpha value is -1.61. The smallest absolute Gasteiger partial charge is 0.154 e. The molecule has 1 aliphatic rings. The molecule has 1 aromatic heterocycles. The summed E-state index contributed by atoms with van der Waals surface area (Å²) in [7, 11) is -2.90. The highest BCUT2D eigenvalue weighted by Crippen LogP contribution is 2.20. The SMILES string of the molecule is CC1CS(=O)(=O)CCN1c1ccc(C#N)nc1. The van der Waals surface area contributed by atoms with E-state index in [0.717, 1.165) is 5.69 Å². The minimum absolute atomic E-state index is 0.0523. The Labute approximate surface area is 101 Å². The molecule has 2 heterocycles. The van der Waals surface area contributed by atoms with E-state index in [1.54, 1.807) is 18.3 Å². The van der Waals surface area contributed by atoms with Crippen molar-refractivity contribution in [1.29, 1.82) is 5.26 Å². The summed E-state index contributed by atoms with van der Waals surface area (Å²) in [5.41, 5.74) is 1.23. The zero-order valence-corrected chi connectivity index (χ0v) is 10.3. The normalized spacial score (nSPS) is 23.1. The van der Waals surface area contributed by atoms with Crippen LogP contribution in [-0.2, 0) is 9.84 Å². The Kier molecular flexibility index (Phi) is 3.03. The van der Waals surface area contributed by atoms with Gasteiger partial charge in [-0.05, 0) is 19.1 Å². The number of aromatic nitrogens is 1. The molecular formula is C11H13N3O2S. The van der Waals surface area contributed by atoms with Crippen LogP contribution in [0.3, 0.4) is 0 Å². The van der Waals surface area contributed by atoms with Crippen molar-refractivity contribution in [3.63, 3.8) is 0 Å². The molecule has 1 aromatic rings. The highest BCUT2D eigenvalue weighted by molar-refractivity contribution is 7.91. The van der Waals surface area contributed by atoms with Gasteiger partial charge in [-0.15, -0.1) is 0 Å². The lowest BCUT2D eigenvalue weighted by Gasteiger charge is -2.34. The lowest BCUT2D eigenvalue weighted by atomic mass is 10.2. The summed E-state index contributed by atoms with van der Waals surface area (Å²) in [5, 5.41) is 8.65. The summed E-state index contributed by atoms with van der Waals surface area (Å²) < 4.78 is 22.9. The van der Waals surface area contributed by atoms with Gasteiger partial charge in [-0.2, -0.15) is 5.26 Å². The standard InChI is InChI=1S/C11H13N3O2S/c1-9-8-17(15,16)5-4-14(9)11-3-2-10(6-12)13-7-11/h2-3,7,9H,4-5,8H2,1H3. The molecule has 0 N–H and O–H groups in total. The third-order valence-electron chi connectivity index (χ3n) is 2.86. The van der Waals surface area contributed by atoms with Crippen LogP contribution in [0.1, 0.15) is 12.6 Å². The van der Waals surface area contributed by atoms with Crippen LogP contribution in [-0.4, -0.2) is 37.5 Å². The van der Waals surface area contributed by atoms with E-state index in [2.05, 4.69) is 4.98 Å². The molecule has 17 heavy (non-hydrogen) atoms. The molecule has 1 aliphatic heterocycles. The summed E-state index contributed by atoms with van der Waals surface area (Å²) >= 11 is 0. The quantitative estimate of drug-likeness (QED) is 0.729. The third kappa shape index (κ3) is 2.56. The van der Waals surface area contributed by atoms with Crippen LogP contribution in [0.5, 0.6) is 0 Å². The monoisotopic (exact) mass is 251 g/mol. The Morgan fingerprint density at radius 1 is 1.53 bits per heavy atom. The van der Waals surface area contributed by atoms with E-state index in [4.69, 9.17) is 5.26 Å². The number of sulfone groups is 1. The highest BCUT2D eigenvalue weighted by Gasteiger charge is 2.28. The van der Waals surface area contributed by atoms with Crippen LogP contribution in [0.2, 0.25) is 0 Å². The lowest BCUT2D eigenvalue weighted by molar-refractivity contribution is 0.568. The predicted octanol–water partition coefficient (Wildman–Crippen LogP) is 0.577. The lowest BCUT2D eigenvalue weighted by Crippen LogP contribution is -2.47. The Balaban J connectivity index is 2.21. The molecule has 1 fully saturated rings. The van der Waals surface area contributed by atoms with E-state index in [0.29, 0.717) is 12.2 Å². The Morgan fingerprint density at radius 2 is 2.29 bits per heavy atom. The van der Waals surface area contributed by atoms with Gasteiger partial charge in [0.05, 0.1) is 23.4 Å². The van der Waals surface area contributed by atoms with Gasteiger partial charge in [-0.3, -0.25) is 0 Å². The maximum absolute atomic E-state index is 11.5. The molecular weight excluding hydrogens is 238 g/mol. The number of anilines is 1. The number of pyridine rings is 1. The van der Waals surface area contributed by atoms with Crippen molar-refractivity contribution in [2.45, 2.75) is 13.0 Å². The molecule has 1 atom stereocenters. The van der Waals surface area contributed by atoms with Gasteiger partial charge in [-0.25, -0.2) is 13.4 Å². The fourth-order valence-corrected chi connectivity index (χ4v) is 3.56. The van der Waals surface area contributed by atoms with Crippen LogP contribution in [0.15, 0.2) is 18.3 Å². The van der Waals surface area contributed by atoms with E-state index in [1.807, 2.05) is 17.9 Å². The van der Waals surface area contributed by atoms with E-state index in [-0.39, 0.29) is 17.5 Å². The second kappa shape index (κ2) is 4.34. The first-order valence-corrected chi connectivity index (χ1v) is 7.17. The van der Waals surface area contributed by atoms with Gasteiger partial charge in [0.15, 0.2) is 9.84 Å². The molecule has 1 saturated heterocycles. The first kappa shape index (κ1) is 11.9. The van der Waals surface area contributed by atoms with Crippen molar-refractivity contribution in [1.82, 2.24) is 4.98 Å². The molecule has 0 spiro atoms. The Bertz CT molecular complexity index is 545. The summed E-state index contributed by atoms with van der Waals surface area (Å²) in [6.07, 6.45) is 1.62. The zero-order chi connectivity index (χ0) is 12.5. The fraction of sp³-hybridized carbons (Fsp3) is 0.455. The second-order valence-electron chi connectivity index (χ2n) is 4.17. The minimum atomic E-state index is -2.90. The van der Waals surface area contributed by atoms with Gasteiger partial charge in [0, 0.05) is 12.6 Å². The van der Waals surface area contributed by atoms with Crippen molar-refractivity contribution in [2.24, 2.45) is 0 Å². The molecule has 2 rings (SSSR count). The molecule has 0 aromatic carbocycles. The summed E-state index contributed by atoms with van der Waals surface area (Å²) in [4.78, 5) is 6.00. The molecule has 0 radical (unpaired) electrons. The van der Waals surface area contributed by atoms with Gasteiger partial charge in [0.25, 0.3) is 0 Å². The maximum Gasteiger partial charge on any atom is 0.154 e. The predicted molar refractivity (Wildman–Crippen MR) is 64.4 cm³/mol. The summed E-state index contributed by atoms with van der Waals surface area (Å²) in [6.45, 7) is 2.37. The number of nitriles is 1. The molecule has 0 bridgehead atoms. The summed E-state index contributed by atoms with van der Waals surface area (Å²) in [6, 6.07) is 5.35. The van der Waals surface area contributed by atoms with E-state index in [1.165, 1.54) is 0 Å². The third-order valence-corrected chi connectivity index (χ3v) is 4.66. The molecule has 1 unspecified atom stereocenters. The van der Waals surface area contributed by atoms with E-state index in [9.17, 15) is 8.42 Å². The minimum Gasteiger partial charge on any atom is -0.366 e. The molecule has 0 amide bonds. The molecule has 0 aliphatic carbocycles. The fourth-order valence-electron chi connectivity index (χ4n) is 2.00. The number of rotatable bonds is 1. The largest absolute Gasteiger partial charge is 0.366 e. The van der Waals surface area contributed by atoms with Gasteiger partial charge in [0.1, 0.15) is 11.8 Å². The van der Waals surface area contributed by atoms with Crippen molar-refractivity contribution in [3.05, 3.63) is 24.0 Å². The first-order chi connectivity index (χ1) is 8.02. The topological polar surface area (TPSA) is 74.1 Å². The van der Waals surface area contributed by atoms with E-state index >= 15 is 0 Å². The van der Waals surface area contributed by atoms with Crippen LogP contribution in [0.25, 0.3) is 0 Å². The maximum atomic E-state index is 11.5. The van der Waals surface area contributed by atoms with Gasteiger partial charge >= 0.3 is 0 Å². The van der Waals surface area contributed by atoms with Crippen LogP contribution >= 0.6 is 0 Å². The average molecular weight is 251 g/mol. The van der Waals surface area contributed by atoms with Gasteiger partial charge < -0.3 is 4.90 Å². The summed E-state index contributed by atoms with van der Waals surface area (Å²) in [5.74, 6) is 0.352. The van der Waals surface area contributed by atoms with Crippen molar-refractivity contribution in [2.75, 3.05) is 23.0 Å². The van der Waals surface area contributed by atoms with Crippen LogP contribution in [0.4, 0.5) is 5.69 Å². The average Bonchev–Trinajstić information content (AvgIpc) is 2.28. The molecule has 6 heteroatoms. The highest BCUT2D eigenvalue weighted by atomic mass is 32.2. The molecule has 5 nitrogen and oxygen atoms in total. The molecule has 90 valence electrons. The number of hydrogen-bond donors (Lipinski definition) is 0. The number of hydrogen-bond acceptors (Lipinski definition) is 5. The van der Waals surface area contributed by atoms with Crippen molar-refractivity contribution < 1.29 is 8.42 Å². The molecule has 0 saturated carbocycles. The van der Waals surface area contributed by atoms with Crippen LogP contribution in [0, 0.1) is 11.3 Å². The first-order valence-electron chi connectivity index (χ1n) is 5.35. The van der Waals surface area contributed by atoms with Crippen molar-refractivity contribution >= 4 is 15.5 Å². The van der Waals surface area contributed by atoms with E-state index < -0.39 is 9.84 Å². The Morgan fingerprint density at radius 3 is 2.82 bits per heavy atom. The number of nitrogens with zero attached hydrogens (tertiary/aromatic N) is 3.